The highest BCUT2D eigenvalue weighted by atomic mass is 16.7. The summed E-state index contributed by atoms with van der Waals surface area (Å²) in [6.45, 7) is 1.46. The molecule has 0 unspecified atom stereocenters. The molecule has 0 aromatic heterocycles. The summed E-state index contributed by atoms with van der Waals surface area (Å²) in [6.07, 6.45) is 2.39. The van der Waals surface area contributed by atoms with Crippen molar-refractivity contribution >= 4 is 11.4 Å². The lowest BCUT2D eigenvalue weighted by atomic mass is 10.1. The van der Waals surface area contributed by atoms with E-state index in [-0.39, 0.29) is 6.79 Å². The third kappa shape index (κ3) is 2.30. The van der Waals surface area contributed by atoms with E-state index < -0.39 is 10.9 Å². The van der Waals surface area contributed by atoms with E-state index in [0.717, 1.165) is 17.9 Å². The van der Waals surface area contributed by atoms with Crippen LogP contribution in [0.3, 0.4) is 0 Å². The fourth-order valence-corrected chi connectivity index (χ4v) is 2.54. The van der Waals surface area contributed by atoms with Gasteiger partial charge in [-0.1, -0.05) is 6.07 Å². The summed E-state index contributed by atoms with van der Waals surface area (Å²) >= 11 is 0. The van der Waals surface area contributed by atoms with Gasteiger partial charge in [0.15, 0.2) is 11.5 Å². The molecule has 2 N–H and O–H groups in total. The molecule has 1 heterocycles. The summed E-state index contributed by atoms with van der Waals surface area (Å²) in [7, 11) is 0. The summed E-state index contributed by atoms with van der Waals surface area (Å²) in [4.78, 5) is 23.3. The Kier molecular flexibility index (Phi) is 3.03. The maximum atomic E-state index is 11.7. The van der Waals surface area contributed by atoms with Crippen molar-refractivity contribution in [3.8, 4) is 11.5 Å². The number of hydrogen-bond acceptors (Lipinski definition) is 6. The Labute approximate surface area is 126 Å². The van der Waals surface area contributed by atoms with Gasteiger partial charge in [0.05, 0.1) is 0 Å². The van der Waals surface area contributed by atoms with Gasteiger partial charge in [0.2, 0.25) is 6.79 Å². The zero-order valence-electron chi connectivity index (χ0n) is 12.0. The average Bonchev–Trinajstić information content (AvgIpc) is 3.24. The summed E-state index contributed by atoms with van der Waals surface area (Å²) in [5.74, 6) is 2.08. The van der Waals surface area contributed by atoms with E-state index in [1.807, 2.05) is 18.2 Å². The van der Waals surface area contributed by atoms with Gasteiger partial charge in [-0.05, 0) is 36.5 Å². The first kappa shape index (κ1) is 13.2. The first-order valence-electron chi connectivity index (χ1n) is 7.42. The molecular weight excluding hydrogens is 284 g/mol. The third-order valence-electron chi connectivity index (χ3n) is 4.08. The standard InChI is InChI=1S/C16H16N2O4/c19-15-13(17-6-9-1-2-9)14(16(15)20)18-7-10-3-4-11-12(5-10)22-8-21-11/h3-5,9,17-18H,1-2,6-8H2. The highest BCUT2D eigenvalue weighted by Gasteiger charge is 2.25. The maximum Gasteiger partial charge on any atom is 0.253 e. The van der Waals surface area contributed by atoms with Gasteiger partial charge in [-0.2, -0.15) is 0 Å². The van der Waals surface area contributed by atoms with Gasteiger partial charge < -0.3 is 20.1 Å². The first-order chi connectivity index (χ1) is 10.7. The Bertz CT molecular complexity index is 788. The fraction of sp³-hybridized carbons (Fsp3) is 0.375. The van der Waals surface area contributed by atoms with Gasteiger partial charge in [0, 0.05) is 13.1 Å². The van der Waals surface area contributed by atoms with Crippen LogP contribution in [0.15, 0.2) is 27.8 Å². The second-order valence-corrected chi connectivity index (χ2v) is 5.77. The van der Waals surface area contributed by atoms with E-state index in [2.05, 4.69) is 10.6 Å². The number of hydrogen-bond donors (Lipinski definition) is 2. The molecular formula is C16H16N2O4. The average molecular weight is 300 g/mol. The number of ether oxygens (including phenoxy) is 2. The lowest BCUT2D eigenvalue weighted by Crippen LogP contribution is -2.37. The van der Waals surface area contributed by atoms with Gasteiger partial charge in [0.25, 0.3) is 10.9 Å². The summed E-state index contributed by atoms with van der Waals surface area (Å²) in [6, 6.07) is 5.62. The predicted octanol–water partition coefficient (Wildman–Crippen LogP) is 1.45. The van der Waals surface area contributed by atoms with Crippen molar-refractivity contribution in [1.82, 2.24) is 0 Å². The lowest BCUT2D eigenvalue weighted by Gasteiger charge is -2.14. The molecule has 1 fully saturated rings. The molecule has 2 aromatic carbocycles. The van der Waals surface area contributed by atoms with E-state index in [1.165, 1.54) is 12.8 Å². The smallest absolute Gasteiger partial charge is 0.253 e. The minimum absolute atomic E-state index is 0.236. The Morgan fingerprint density at radius 2 is 1.73 bits per heavy atom. The molecule has 1 saturated carbocycles. The van der Waals surface area contributed by atoms with Gasteiger partial charge in [-0.25, -0.2) is 0 Å². The Morgan fingerprint density at radius 3 is 2.50 bits per heavy atom. The van der Waals surface area contributed by atoms with Crippen LogP contribution in [0.5, 0.6) is 11.5 Å². The molecule has 0 radical (unpaired) electrons. The monoisotopic (exact) mass is 300 g/mol. The zero-order chi connectivity index (χ0) is 15.1. The molecule has 4 rings (SSSR count). The van der Waals surface area contributed by atoms with E-state index in [1.54, 1.807) is 0 Å². The van der Waals surface area contributed by atoms with E-state index >= 15 is 0 Å². The van der Waals surface area contributed by atoms with Crippen molar-refractivity contribution in [3.05, 3.63) is 44.2 Å². The van der Waals surface area contributed by atoms with Crippen molar-refractivity contribution in [3.63, 3.8) is 0 Å². The van der Waals surface area contributed by atoms with Crippen LogP contribution < -0.4 is 31.0 Å². The number of fused-ring (bicyclic) bond motifs is 1. The van der Waals surface area contributed by atoms with Crippen LogP contribution >= 0.6 is 0 Å². The van der Waals surface area contributed by atoms with E-state index in [0.29, 0.717) is 29.6 Å². The Morgan fingerprint density at radius 1 is 1.00 bits per heavy atom. The van der Waals surface area contributed by atoms with Crippen LogP contribution in [0.4, 0.5) is 11.4 Å². The number of rotatable bonds is 6. The maximum absolute atomic E-state index is 11.7. The summed E-state index contributed by atoms with van der Waals surface area (Å²) in [5, 5.41) is 6.14. The predicted molar refractivity (Wildman–Crippen MR) is 82.5 cm³/mol. The van der Waals surface area contributed by atoms with Gasteiger partial charge in [-0.15, -0.1) is 0 Å². The van der Waals surface area contributed by atoms with Gasteiger partial charge in [-0.3, -0.25) is 9.59 Å². The molecule has 2 aliphatic rings. The van der Waals surface area contributed by atoms with E-state index in [9.17, 15) is 9.59 Å². The largest absolute Gasteiger partial charge is 0.454 e. The Hall–Kier alpha value is -2.50. The first-order valence-corrected chi connectivity index (χ1v) is 7.42. The van der Waals surface area contributed by atoms with Crippen molar-refractivity contribution in [2.45, 2.75) is 19.4 Å². The minimum atomic E-state index is -0.445. The second kappa shape index (κ2) is 5.05. The number of nitrogens with one attached hydrogen (secondary N) is 2. The van der Waals surface area contributed by atoms with Crippen LogP contribution in [-0.4, -0.2) is 13.3 Å². The molecule has 6 nitrogen and oxygen atoms in total. The van der Waals surface area contributed by atoms with Crippen LogP contribution in [0.25, 0.3) is 0 Å². The van der Waals surface area contributed by atoms with Crippen LogP contribution in [0.2, 0.25) is 0 Å². The molecule has 0 saturated heterocycles. The third-order valence-corrected chi connectivity index (χ3v) is 4.08. The topological polar surface area (TPSA) is 76.7 Å². The lowest BCUT2D eigenvalue weighted by molar-refractivity contribution is 0.174. The highest BCUT2D eigenvalue weighted by molar-refractivity contribution is 5.74. The fourth-order valence-electron chi connectivity index (χ4n) is 2.54. The highest BCUT2D eigenvalue weighted by Crippen LogP contribution is 2.33. The molecule has 1 aliphatic carbocycles. The summed E-state index contributed by atoms with van der Waals surface area (Å²) in [5.41, 5.74) is 0.916. The molecule has 22 heavy (non-hydrogen) atoms. The van der Waals surface area contributed by atoms with Crippen molar-refractivity contribution in [1.29, 1.82) is 0 Å². The minimum Gasteiger partial charge on any atom is -0.454 e. The van der Waals surface area contributed by atoms with Gasteiger partial charge >= 0.3 is 0 Å². The van der Waals surface area contributed by atoms with Gasteiger partial charge in [0.1, 0.15) is 11.4 Å². The molecule has 0 bridgehead atoms. The summed E-state index contributed by atoms with van der Waals surface area (Å²) < 4.78 is 10.6. The van der Waals surface area contributed by atoms with Crippen LogP contribution in [-0.2, 0) is 6.54 Å². The van der Waals surface area contributed by atoms with Crippen molar-refractivity contribution < 1.29 is 9.47 Å². The van der Waals surface area contributed by atoms with E-state index in [4.69, 9.17) is 9.47 Å². The molecule has 114 valence electrons. The quantitative estimate of drug-likeness (QED) is 0.786. The van der Waals surface area contributed by atoms with Crippen LogP contribution in [0, 0.1) is 5.92 Å². The molecule has 6 heteroatoms. The number of benzene rings is 1. The Balaban J connectivity index is 1.44. The van der Waals surface area contributed by atoms with Crippen LogP contribution in [0.1, 0.15) is 18.4 Å². The molecule has 2 aromatic rings. The SMILES string of the molecule is O=c1c(NCc2ccc3c(c2)OCO3)c(NCC2CC2)c1=O. The second-order valence-electron chi connectivity index (χ2n) is 5.77. The number of anilines is 2. The molecule has 0 atom stereocenters. The zero-order valence-corrected chi connectivity index (χ0v) is 12.0. The molecule has 0 amide bonds. The van der Waals surface area contributed by atoms with Crippen molar-refractivity contribution in [2.24, 2.45) is 5.92 Å². The normalized spacial score (nSPS) is 16.0. The molecule has 0 spiro atoms. The van der Waals surface area contributed by atoms with Crippen molar-refractivity contribution in [2.75, 3.05) is 24.0 Å². The molecule has 1 aliphatic heterocycles.